The molecule has 43 heavy (non-hydrogen) atoms. The molecule has 2 aromatic rings. The van der Waals surface area contributed by atoms with E-state index in [-0.39, 0.29) is 53.9 Å². The number of carbonyl (C=O) groups excluding carboxylic acids is 4. The van der Waals surface area contributed by atoms with E-state index in [4.69, 9.17) is 9.47 Å². The first-order valence-corrected chi connectivity index (χ1v) is 16.0. The highest BCUT2D eigenvalue weighted by Crippen LogP contribution is 2.65. The number of fused-ring (bicyclic) bond motifs is 6. The fourth-order valence-corrected chi connectivity index (χ4v) is 9.26. The molecule has 8 heteroatoms. The Hall–Kier alpha value is -3.42. The highest BCUT2D eigenvalue weighted by molar-refractivity contribution is 5.91. The van der Waals surface area contributed by atoms with Gasteiger partial charge in [0.2, 0.25) is 5.91 Å². The number of ether oxygens (including phenoxy) is 2. The number of benzene rings is 1. The van der Waals surface area contributed by atoms with E-state index in [1.54, 1.807) is 0 Å². The second-order valence-corrected chi connectivity index (χ2v) is 13.8. The number of allylic oxidation sites excluding steroid dienone is 1. The third-order valence-corrected chi connectivity index (χ3v) is 11.6. The molecule has 4 aliphatic carbocycles. The first kappa shape index (κ1) is 29.6. The van der Waals surface area contributed by atoms with Gasteiger partial charge in [0.1, 0.15) is 12.1 Å². The molecule has 230 valence electrons. The first-order chi connectivity index (χ1) is 20.6. The molecule has 0 bridgehead atoms. The summed E-state index contributed by atoms with van der Waals surface area (Å²) in [6.07, 6.45) is 11.6. The molecule has 3 fully saturated rings. The van der Waals surface area contributed by atoms with Crippen LogP contribution in [0.25, 0.3) is 10.9 Å². The second-order valence-electron chi connectivity index (χ2n) is 13.8. The lowest BCUT2D eigenvalue weighted by molar-refractivity contribution is -0.160. The molecule has 0 aliphatic heterocycles. The van der Waals surface area contributed by atoms with Crippen molar-refractivity contribution in [3.05, 3.63) is 47.7 Å². The molecule has 0 unspecified atom stereocenters. The van der Waals surface area contributed by atoms with E-state index >= 15 is 0 Å². The largest absolute Gasteiger partial charge is 0.467 e. The van der Waals surface area contributed by atoms with Crippen LogP contribution in [0.2, 0.25) is 0 Å². The van der Waals surface area contributed by atoms with E-state index in [2.05, 4.69) is 24.1 Å². The number of nitrogens with one attached hydrogen (secondary N) is 2. The van der Waals surface area contributed by atoms with Crippen LogP contribution in [0.1, 0.15) is 83.6 Å². The molecular formula is C35H44N2O6. The monoisotopic (exact) mass is 588 g/mol. The molecule has 8 nitrogen and oxygen atoms in total. The number of esters is 2. The standard InChI is InChI=1S/C35H44N2O6/c1-34-16-14-23(38)19-22(34)8-9-25-26-10-11-30(35(26,2)17-15-27(25)34)43-32(40)13-12-31(39)37-29(33(41)42-3)18-21-20-36-28-7-5-4-6-24(21)28/h4-7,19-20,25-27,29-30,36H,8-18H2,1-3H3,(H,37,39)/t25-,26-,27-,29-,30-,34-,35-/m0/s1. The maximum absolute atomic E-state index is 13.0. The van der Waals surface area contributed by atoms with Gasteiger partial charge in [-0.05, 0) is 85.8 Å². The summed E-state index contributed by atoms with van der Waals surface area (Å²) in [4.78, 5) is 53.7. The van der Waals surface area contributed by atoms with Crippen LogP contribution in [0.4, 0.5) is 0 Å². The van der Waals surface area contributed by atoms with Gasteiger partial charge in [0.15, 0.2) is 5.78 Å². The Balaban J connectivity index is 1.04. The molecule has 1 amide bonds. The van der Waals surface area contributed by atoms with Crippen LogP contribution in [-0.4, -0.2) is 47.9 Å². The van der Waals surface area contributed by atoms with Gasteiger partial charge >= 0.3 is 11.9 Å². The Morgan fingerprint density at radius 2 is 1.84 bits per heavy atom. The maximum Gasteiger partial charge on any atom is 0.328 e. The highest BCUT2D eigenvalue weighted by Gasteiger charge is 2.60. The average molecular weight is 589 g/mol. The van der Waals surface area contributed by atoms with Gasteiger partial charge in [-0.25, -0.2) is 4.79 Å². The number of ketones is 1. The van der Waals surface area contributed by atoms with Crippen molar-refractivity contribution in [2.45, 2.75) is 96.6 Å². The fraction of sp³-hybridized carbons (Fsp3) is 0.600. The molecular weight excluding hydrogens is 544 g/mol. The number of rotatable bonds is 8. The Morgan fingerprint density at radius 3 is 2.65 bits per heavy atom. The minimum absolute atomic E-state index is 0.0314. The van der Waals surface area contributed by atoms with Gasteiger partial charge in [-0.2, -0.15) is 0 Å². The summed E-state index contributed by atoms with van der Waals surface area (Å²) in [5.41, 5.74) is 3.29. The zero-order valence-corrected chi connectivity index (χ0v) is 25.6. The Kier molecular flexibility index (Phi) is 7.99. The first-order valence-electron chi connectivity index (χ1n) is 16.0. The van der Waals surface area contributed by atoms with Crippen LogP contribution < -0.4 is 5.32 Å². The fourth-order valence-electron chi connectivity index (χ4n) is 9.26. The van der Waals surface area contributed by atoms with Crippen molar-refractivity contribution in [2.24, 2.45) is 28.6 Å². The molecule has 1 aromatic carbocycles. The zero-order chi connectivity index (χ0) is 30.4. The average Bonchev–Trinajstić information content (AvgIpc) is 3.56. The number of amides is 1. The third kappa shape index (κ3) is 5.42. The maximum atomic E-state index is 13.0. The van der Waals surface area contributed by atoms with E-state index in [0.29, 0.717) is 24.2 Å². The van der Waals surface area contributed by atoms with Crippen molar-refractivity contribution >= 4 is 34.5 Å². The number of hydrogen-bond donors (Lipinski definition) is 2. The summed E-state index contributed by atoms with van der Waals surface area (Å²) in [6, 6.07) is 6.93. The van der Waals surface area contributed by atoms with Crippen LogP contribution in [0.5, 0.6) is 0 Å². The van der Waals surface area contributed by atoms with Crippen molar-refractivity contribution in [3.8, 4) is 0 Å². The van der Waals surface area contributed by atoms with Gasteiger partial charge in [-0.1, -0.05) is 37.6 Å². The van der Waals surface area contributed by atoms with Crippen LogP contribution in [-0.2, 0) is 35.1 Å². The summed E-state index contributed by atoms with van der Waals surface area (Å²) in [6.45, 7) is 4.68. The second kappa shape index (κ2) is 11.6. The lowest BCUT2D eigenvalue weighted by Gasteiger charge is -2.57. The SMILES string of the molecule is COC(=O)[C@H](Cc1c[nH]c2ccccc12)NC(=O)CCC(=O)O[C@H]1CC[C@H]2[C@@H]3CCC4=CC(=O)CC[C@]4(C)[C@H]3CC[C@]12C. The van der Waals surface area contributed by atoms with Crippen molar-refractivity contribution in [3.63, 3.8) is 0 Å². The lowest BCUT2D eigenvalue weighted by atomic mass is 9.47. The predicted molar refractivity (Wildman–Crippen MR) is 162 cm³/mol. The van der Waals surface area contributed by atoms with Crippen molar-refractivity contribution in [1.29, 1.82) is 0 Å². The highest BCUT2D eigenvalue weighted by atomic mass is 16.5. The summed E-state index contributed by atoms with van der Waals surface area (Å²) < 4.78 is 11.1. The smallest absolute Gasteiger partial charge is 0.328 e. The lowest BCUT2D eigenvalue weighted by Crippen LogP contribution is -2.51. The van der Waals surface area contributed by atoms with Gasteiger partial charge in [-0.15, -0.1) is 0 Å². The van der Waals surface area contributed by atoms with E-state index in [0.717, 1.165) is 61.4 Å². The van der Waals surface area contributed by atoms with E-state index in [1.165, 1.54) is 12.7 Å². The molecule has 3 saturated carbocycles. The summed E-state index contributed by atoms with van der Waals surface area (Å²) in [7, 11) is 1.30. The number of hydrogen-bond acceptors (Lipinski definition) is 6. The Labute approximate surface area is 253 Å². The normalized spacial score (nSPS) is 32.2. The summed E-state index contributed by atoms with van der Waals surface area (Å²) in [5.74, 6) is 0.702. The van der Waals surface area contributed by atoms with E-state index in [1.807, 2.05) is 36.5 Å². The predicted octanol–water partition coefficient (Wildman–Crippen LogP) is 5.59. The Bertz CT molecular complexity index is 1460. The molecule has 4 aliphatic rings. The number of methoxy groups -OCH3 is 1. The van der Waals surface area contributed by atoms with Gasteiger partial charge in [0.25, 0.3) is 0 Å². The molecule has 7 atom stereocenters. The zero-order valence-electron chi connectivity index (χ0n) is 25.6. The van der Waals surface area contributed by atoms with Gasteiger partial charge < -0.3 is 19.8 Å². The van der Waals surface area contributed by atoms with Crippen LogP contribution >= 0.6 is 0 Å². The minimum Gasteiger partial charge on any atom is -0.467 e. The Morgan fingerprint density at radius 1 is 1.02 bits per heavy atom. The minimum atomic E-state index is -0.854. The number of para-hydroxylation sites is 1. The molecule has 0 spiro atoms. The number of H-pyrrole nitrogens is 1. The molecule has 6 rings (SSSR count). The van der Waals surface area contributed by atoms with Gasteiger partial charge in [0, 0.05) is 41.8 Å². The van der Waals surface area contributed by atoms with Crippen LogP contribution in [0.3, 0.4) is 0 Å². The third-order valence-electron chi connectivity index (χ3n) is 11.6. The molecule has 1 heterocycles. The summed E-state index contributed by atoms with van der Waals surface area (Å²) >= 11 is 0. The number of aromatic amines is 1. The topological polar surface area (TPSA) is 115 Å². The van der Waals surface area contributed by atoms with Crippen molar-refractivity contribution in [1.82, 2.24) is 10.3 Å². The van der Waals surface area contributed by atoms with Crippen LogP contribution in [0.15, 0.2) is 42.1 Å². The molecule has 0 saturated heterocycles. The number of aromatic nitrogens is 1. The van der Waals surface area contributed by atoms with Crippen molar-refractivity contribution in [2.75, 3.05) is 7.11 Å². The number of carbonyl (C=O) groups is 4. The van der Waals surface area contributed by atoms with Gasteiger partial charge in [-0.3, -0.25) is 14.4 Å². The van der Waals surface area contributed by atoms with E-state index in [9.17, 15) is 19.2 Å². The van der Waals surface area contributed by atoms with Crippen molar-refractivity contribution < 1.29 is 28.7 Å². The van der Waals surface area contributed by atoms with E-state index < -0.39 is 12.0 Å². The molecule has 1 aromatic heterocycles. The van der Waals surface area contributed by atoms with Crippen LogP contribution in [0, 0.1) is 28.6 Å². The summed E-state index contributed by atoms with van der Waals surface area (Å²) in [5, 5.41) is 3.76. The quantitative estimate of drug-likeness (QED) is 0.389. The molecule has 0 radical (unpaired) electrons. The molecule has 2 N–H and O–H groups in total. The van der Waals surface area contributed by atoms with Gasteiger partial charge in [0.05, 0.1) is 13.5 Å².